The average Bonchev–Trinajstić information content (AvgIpc) is 3.22. The van der Waals surface area contributed by atoms with Crippen molar-refractivity contribution in [2.45, 2.75) is 12.8 Å². The summed E-state index contributed by atoms with van der Waals surface area (Å²) in [4.78, 5) is 37.4. The fourth-order valence-corrected chi connectivity index (χ4v) is 3.85. The van der Waals surface area contributed by atoms with Gasteiger partial charge in [0.05, 0.1) is 30.0 Å². The number of aryl methyl sites for hydroxylation is 1. The average molecular weight is 428 g/mol. The summed E-state index contributed by atoms with van der Waals surface area (Å²) in [5, 5.41) is 5.45. The topological polar surface area (TPSA) is 111 Å². The van der Waals surface area contributed by atoms with Gasteiger partial charge in [-0.25, -0.2) is 15.0 Å². The Kier molecular flexibility index (Phi) is 4.78. The number of pyridine rings is 2. The van der Waals surface area contributed by atoms with Crippen molar-refractivity contribution < 1.29 is 14.3 Å². The Bertz CT molecular complexity index is 1380. The number of fused-ring (bicyclic) bond motifs is 2. The molecule has 5 rings (SSSR count). The Morgan fingerprint density at radius 2 is 2.03 bits per heavy atom. The third kappa shape index (κ3) is 3.33. The molecular weight excluding hydrogens is 408 g/mol. The molecule has 0 aliphatic carbocycles. The molecule has 0 atom stereocenters. The maximum Gasteiger partial charge on any atom is 0.251 e. The summed E-state index contributed by atoms with van der Waals surface area (Å²) in [7, 11) is 3.16. The van der Waals surface area contributed by atoms with Crippen LogP contribution in [0.5, 0.6) is 5.88 Å². The van der Waals surface area contributed by atoms with Crippen molar-refractivity contribution in [1.29, 1.82) is 0 Å². The molecule has 4 aromatic rings. The summed E-state index contributed by atoms with van der Waals surface area (Å²) in [6, 6.07) is 11.1. The van der Waals surface area contributed by atoms with Gasteiger partial charge in [-0.15, -0.1) is 0 Å². The van der Waals surface area contributed by atoms with Crippen LogP contribution < -0.4 is 15.4 Å². The summed E-state index contributed by atoms with van der Waals surface area (Å²) >= 11 is 0. The van der Waals surface area contributed by atoms with Crippen LogP contribution >= 0.6 is 0 Å². The number of anilines is 1. The first kappa shape index (κ1) is 19.7. The molecular formula is C23H20N6O3. The van der Waals surface area contributed by atoms with Gasteiger partial charge in [-0.2, -0.15) is 0 Å². The van der Waals surface area contributed by atoms with Crippen LogP contribution in [0.25, 0.3) is 28.1 Å². The lowest BCUT2D eigenvalue weighted by molar-refractivity contribution is -0.116. The van der Waals surface area contributed by atoms with Crippen molar-refractivity contribution in [1.82, 2.24) is 24.8 Å². The van der Waals surface area contributed by atoms with Crippen molar-refractivity contribution >= 4 is 28.7 Å². The number of aromatic nitrogens is 4. The molecule has 9 heteroatoms. The number of amides is 2. The van der Waals surface area contributed by atoms with Crippen LogP contribution in [0.2, 0.25) is 0 Å². The number of rotatable bonds is 4. The van der Waals surface area contributed by atoms with Crippen molar-refractivity contribution in [2.24, 2.45) is 0 Å². The molecule has 0 bridgehead atoms. The fraction of sp³-hybridized carbons (Fsp3) is 0.174. The normalized spacial score (nSPS) is 12.9. The molecule has 0 radical (unpaired) electrons. The number of benzene rings is 1. The molecule has 1 aliphatic rings. The first-order valence-corrected chi connectivity index (χ1v) is 10.1. The van der Waals surface area contributed by atoms with Crippen molar-refractivity contribution in [3.05, 3.63) is 59.9 Å². The number of imidazole rings is 1. The molecule has 4 heterocycles. The molecule has 0 fully saturated rings. The number of methoxy groups -OCH3 is 1. The first-order valence-electron chi connectivity index (χ1n) is 10.1. The zero-order chi connectivity index (χ0) is 22.2. The van der Waals surface area contributed by atoms with E-state index in [1.807, 2.05) is 28.8 Å². The van der Waals surface area contributed by atoms with Gasteiger partial charge in [-0.05, 0) is 42.3 Å². The SMILES string of the molecule is CNC(=O)c1ccc2c(c1)nc(-c1ccnc(OC)c1)n2-c1cnc2c(c1)CCC(=O)N2. The predicted octanol–water partition coefficient (Wildman–Crippen LogP) is 2.74. The second-order valence-corrected chi connectivity index (χ2v) is 7.39. The number of nitrogens with zero attached hydrogens (tertiary/aromatic N) is 4. The highest BCUT2D eigenvalue weighted by Gasteiger charge is 2.20. The zero-order valence-corrected chi connectivity index (χ0v) is 17.5. The van der Waals surface area contributed by atoms with Crippen LogP contribution in [-0.2, 0) is 11.2 Å². The van der Waals surface area contributed by atoms with Crippen molar-refractivity contribution in [3.8, 4) is 23.0 Å². The molecule has 0 spiro atoms. The van der Waals surface area contributed by atoms with E-state index in [1.165, 1.54) is 0 Å². The van der Waals surface area contributed by atoms with Gasteiger partial charge in [-0.1, -0.05) is 0 Å². The number of hydrogen-bond donors (Lipinski definition) is 2. The van der Waals surface area contributed by atoms with E-state index in [0.29, 0.717) is 41.4 Å². The second kappa shape index (κ2) is 7.77. The summed E-state index contributed by atoms with van der Waals surface area (Å²) in [5.41, 5.74) is 4.59. The van der Waals surface area contributed by atoms with E-state index >= 15 is 0 Å². The number of ether oxygens (including phenoxy) is 1. The number of hydrogen-bond acceptors (Lipinski definition) is 6. The van der Waals surface area contributed by atoms with Gasteiger partial charge in [0, 0.05) is 36.9 Å². The van der Waals surface area contributed by atoms with Gasteiger partial charge in [-0.3, -0.25) is 14.2 Å². The monoisotopic (exact) mass is 428 g/mol. The lowest BCUT2D eigenvalue weighted by atomic mass is 10.1. The lowest BCUT2D eigenvalue weighted by Gasteiger charge is -2.17. The molecule has 1 aliphatic heterocycles. The van der Waals surface area contributed by atoms with E-state index in [0.717, 1.165) is 22.3 Å². The molecule has 160 valence electrons. The molecule has 32 heavy (non-hydrogen) atoms. The molecule has 1 aromatic carbocycles. The van der Waals surface area contributed by atoms with Gasteiger partial charge in [0.2, 0.25) is 11.8 Å². The van der Waals surface area contributed by atoms with Crippen molar-refractivity contribution in [3.63, 3.8) is 0 Å². The Balaban J connectivity index is 1.74. The van der Waals surface area contributed by atoms with Gasteiger partial charge < -0.3 is 15.4 Å². The number of carbonyl (C=O) groups excluding carboxylic acids is 2. The molecule has 0 saturated heterocycles. The summed E-state index contributed by atoms with van der Waals surface area (Å²) < 4.78 is 7.28. The molecule has 9 nitrogen and oxygen atoms in total. The molecule has 0 unspecified atom stereocenters. The summed E-state index contributed by atoms with van der Waals surface area (Å²) in [6.07, 6.45) is 4.41. The highest BCUT2D eigenvalue weighted by atomic mass is 16.5. The summed E-state index contributed by atoms with van der Waals surface area (Å²) in [5.74, 6) is 1.51. The Morgan fingerprint density at radius 1 is 1.16 bits per heavy atom. The van der Waals surface area contributed by atoms with Crippen LogP contribution in [-0.4, -0.2) is 45.5 Å². The number of carbonyl (C=O) groups is 2. The van der Waals surface area contributed by atoms with Gasteiger partial charge in [0.25, 0.3) is 5.91 Å². The van der Waals surface area contributed by atoms with E-state index in [9.17, 15) is 9.59 Å². The van der Waals surface area contributed by atoms with Crippen LogP contribution in [0.15, 0.2) is 48.8 Å². The smallest absolute Gasteiger partial charge is 0.251 e. The summed E-state index contributed by atoms with van der Waals surface area (Å²) in [6.45, 7) is 0. The zero-order valence-electron chi connectivity index (χ0n) is 17.5. The van der Waals surface area contributed by atoms with Crippen LogP contribution in [0, 0.1) is 0 Å². The van der Waals surface area contributed by atoms with Crippen molar-refractivity contribution in [2.75, 3.05) is 19.5 Å². The highest BCUT2D eigenvalue weighted by molar-refractivity contribution is 5.98. The minimum atomic E-state index is -0.181. The third-order valence-corrected chi connectivity index (χ3v) is 5.44. The van der Waals surface area contributed by atoms with E-state index in [2.05, 4.69) is 20.6 Å². The second-order valence-electron chi connectivity index (χ2n) is 7.39. The minimum absolute atomic E-state index is 0.0304. The van der Waals surface area contributed by atoms with Gasteiger partial charge in [0.1, 0.15) is 11.6 Å². The maximum atomic E-state index is 12.1. The van der Waals surface area contributed by atoms with E-state index in [4.69, 9.17) is 9.72 Å². The molecule has 2 N–H and O–H groups in total. The highest BCUT2D eigenvalue weighted by Crippen LogP contribution is 2.32. The quantitative estimate of drug-likeness (QED) is 0.517. The predicted molar refractivity (Wildman–Crippen MR) is 119 cm³/mol. The van der Waals surface area contributed by atoms with Crippen LogP contribution in [0.4, 0.5) is 5.82 Å². The standard InChI is InChI=1S/C23H20N6O3/c1-24-23(31)15-3-5-18-17(10-15)27-22(14-7-8-25-20(11-14)32-2)29(18)16-9-13-4-6-19(30)28-21(13)26-12-16/h3,5,7-12H,4,6H2,1-2H3,(H,24,31)(H,26,28,30). The molecule has 2 amide bonds. The fourth-order valence-electron chi connectivity index (χ4n) is 3.85. The van der Waals surface area contributed by atoms with E-state index < -0.39 is 0 Å². The Morgan fingerprint density at radius 3 is 2.84 bits per heavy atom. The Hall–Kier alpha value is -4.27. The van der Waals surface area contributed by atoms with Crippen LogP contribution in [0.1, 0.15) is 22.3 Å². The van der Waals surface area contributed by atoms with E-state index in [-0.39, 0.29) is 11.8 Å². The molecule has 0 saturated carbocycles. The van der Waals surface area contributed by atoms with Crippen LogP contribution in [0.3, 0.4) is 0 Å². The first-order chi connectivity index (χ1) is 15.6. The molecule has 3 aromatic heterocycles. The third-order valence-electron chi connectivity index (χ3n) is 5.44. The Labute approximate surface area is 183 Å². The maximum absolute atomic E-state index is 12.1. The number of nitrogens with one attached hydrogen (secondary N) is 2. The van der Waals surface area contributed by atoms with Gasteiger partial charge in [0.15, 0.2) is 0 Å². The minimum Gasteiger partial charge on any atom is -0.481 e. The van der Waals surface area contributed by atoms with E-state index in [1.54, 1.807) is 38.7 Å². The van der Waals surface area contributed by atoms with Gasteiger partial charge >= 0.3 is 0 Å². The lowest BCUT2D eigenvalue weighted by Crippen LogP contribution is -2.20. The largest absolute Gasteiger partial charge is 0.481 e.